The van der Waals surface area contributed by atoms with Crippen LogP contribution < -0.4 is 9.47 Å². The summed E-state index contributed by atoms with van der Waals surface area (Å²) in [5.74, 6) is 0.580. The third-order valence-corrected chi connectivity index (χ3v) is 3.77. The quantitative estimate of drug-likeness (QED) is 0.481. The lowest BCUT2D eigenvalue weighted by molar-refractivity contribution is -0.0924. The van der Waals surface area contributed by atoms with Gasteiger partial charge in [0.25, 0.3) is 0 Å². The molecule has 5 heteroatoms. The van der Waals surface area contributed by atoms with E-state index in [1.54, 1.807) is 19.2 Å². The largest absolute Gasteiger partial charge is 0.496 e. The van der Waals surface area contributed by atoms with E-state index in [0.29, 0.717) is 13.0 Å². The first-order valence-corrected chi connectivity index (χ1v) is 8.07. The van der Waals surface area contributed by atoms with Gasteiger partial charge in [-0.2, -0.15) is 0 Å². The fourth-order valence-corrected chi connectivity index (χ4v) is 2.41. The number of hydrogen-bond donors (Lipinski definition) is 0. The Labute approximate surface area is 143 Å². The maximum atomic E-state index is 13.8. The van der Waals surface area contributed by atoms with Gasteiger partial charge in [0, 0.05) is 15.6 Å². The predicted molar refractivity (Wildman–Crippen MR) is 91.6 cm³/mol. The van der Waals surface area contributed by atoms with E-state index in [-0.39, 0.29) is 11.6 Å². The molecular formula is C17H18FIO3. The molecule has 0 saturated carbocycles. The number of benzene rings is 2. The van der Waals surface area contributed by atoms with Crippen molar-refractivity contribution in [2.45, 2.75) is 26.2 Å². The number of ether oxygens (including phenoxy) is 3. The van der Waals surface area contributed by atoms with Gasteiger partial charge in [0.15, 0.2) is 17.9 Å². The highest BCUT2D eigenvalue weighted by molar-refractivity contribution is 14.1. The molecule has 0 aliphatic heterocycles. The molecule has 0 bridgehead atoms. The van der Waals surface area contributed by atoms with Crippen LogP contribution >= 0.6 is 22.6 Å². The van der Waals surface area contributed by atoms with E-state index in [2.05, 4.69) is 22.6 Å². The summed E-state index contributed by atoms with van der Waals surface area (Å²) in [5, 5.41) is 0. The molecule has 0 N–H and O–H groups in total. The zero-order valence-corrected chi connectivity index (χ0v) is 14.7. The molecule has 0 radical (unpaired) electrons. The van der Waals surface area contributed by atoms with Crippen LogP contribution in [0, 0.1) is 9.39 Å². The summed E-state index contributed by atoms with van der Waals surface area (Å²) in [5.41, 5.74) is 0.926. The minimum absolute atomic E-state index is 0.201. The van der Waals surface area contributed by atoms with E-state index < -0.39 is 6.29 Å². The van der Waals surface area contributed by atoms with E-state index in [1.807, 2.05) is 31.2 Å². The number of rotatable bonds is 7. The van der Waals surface area contributed by atoms with Gasteiger partial charge in [-0.1, -0.05) is 25.1 Å². The maximum Gasteiger partial charge on any atom is 0.200 e. The molecule has 118 valence electrons. The third kappa shape index (κ3) is 4.58. The number of para-hydroxylation sites is 1. The molecule has 1 unspecified atom stereocenters. The second kappa shape index (κ2) is 8.33. The first kappa shape index (κ1) is 17.0. The van der Waals surface area contributed by atoms with Gasteiger partial charge in [-0.15, -0.1) is 0 Å². The molecule has 0 aliphatic carbocycles. The van der Waals surface area contributed by atoms with E-state index in [0.717, 1.165) is 14.9 Å². The molecule has 0 heterocycles. The van der Waals surface area contributed by atoms with Crippen molar-refractivity contribution in [2.75, 3.05) is 7.11 Å². The van der Waals surface area contributed by atoms with E-state index >= 15 is 0 Å². The molecule has 0 aromatic heterocycles. The Morgan fingerprint density at radius 1 is 1.14 bits per heavy atom. The van der Waals surface area contributed by atoms with Gasteiger partial charge in [0.1, 0.15) is 5.75 Å². The Balaban J connectivity index is 2.00. The molecule has 2 aromatic carbocycles. The van der Waals surface area contributed by atoms with Crippen LogP contribution in [-0.2, 0) is 11.3 Å². The fraction of sp³-hybridized carbons (Fsp3) is 0.294. The van der Waals surface area contributed by atoms with Crippen molar-refractivity contribution in [3.05, 3.63) is 57.4 Å². The van der Waals surface area contributed by atoms with E-state index in [1.165, 1.54) is 6.07 Å². The lowest BCUT2D eigenvalue weighted by atomic mass is 10.2. The summed E-state index contributed by atoms with van der Waals surface area (Å²) < 4.78 is 31.3. The monoisotopic (exact) mass is 416 g/mol. The van der Waals surface area contributed by atoms with Gasteiger partial charge in [-0.3, -0.25) is 0 Å². The van der Waals surface area contributed by atoms with Gasteiger partial charge >= 0.3 is 0 Å². The average Bonchev–Trinajstić information content (AvgIpc) is 2.53. The van der Waals surface area contributed by atoms with Crippen LogP contribution in [0.1, 0.15) is 18.9 Å². The van der Waals surface area contributed by atoms with Crippen LogP contribution in [0.25, 0.3) is 0 Å². The van der Waals surface area contributed by atoms with Crippen LogP contribution in [0.15, 0.2) is 42.5 Å². The molecule has 3 nitrogen and oxygen atoms in total. The SMILES string of the molecule is CCC(OCc1ccccc1OC)Oc1ccc(I)cc1F. The summed E-state index contributed by atoms with van der Waals surface area (Å²) >= 11 is 2.06. The van der Waals surface area contributed by atoms with Crippen LogP contribution in [0.5, 0.6) is 11.5 Å². The average molecular weight is 416 g/mol. The van der Waals surface area contributed by atoms with Crippen LogP contribution in [0.3, 0.4) is 0 Å². The first-order valence-electron chi connectivity index (χ1n) is 6.99. The molecule has 0 saturated heterocycles. The molecule has 0 amide bonds. The fourth-order valence-electron chi connectivity index (χ4n) is 1.95. The van der Waals surface area contributed by atoms with Crippen LogP contribution in [0.2, 0.25) is 0 Å². The van der Waals surface area contributed by atoms with Crippen molar-refractivity contribution in [1.82, 2.24) is 0 Å². The zero-order chi connectivity index (χ0) is 15.9. The molecule has 0 spiro atoms. The number of hydrogen-bond acceptors (Lipinski definition) is 3. The van der Waals surface area contributed by atoms with Gasteiger partial charge in [0.05, 0.1) is 13.7 Å². The third-order valence-electron chi connectivity index (χ3n) is 3.10. The Morgan fingerprint density at radius 2 is 1.91 bits per heavy atom. The molecule has 2 aromatic rings. The Hall–Kier alpha value is -1.34. The standard InChI is InChI=1S/C17H18FIO3/c1-3-17(22-16-9-8-13(19)10-14(16)18)21-11-12-6-4-5-7-15(12)20-2/h4-10,17H,3,11H2,1-2H3. The summed E-state index contributed by atoms with van der Waals surface area (Å²) in [4.78, 5) is 0. The van der Waals surface area contributed by atoms with Crippen molar-refractivity contribution in [3.8, 4) is 11.5 Å². The smallest absolute Gasteiger partial charge is 0.200 e. The summed E-state index contributed by atoms with van der Waals surface area (Å²) in [6.45, 7) is 2.27. The molecule has 22 heavy (non-hydrogen) atoms. The second-order valence-electron chi connectivity index (χ2n) is 4.65. The predicted octanol–water partition coefficient (Wildman–Crippen LogP) is 4.77. The van der Waals surface area contributed by atoms with Gasteiger partial charge < -0.3 is 14.2 Å². The molecule has 2 rings (SSSR count). The van der Waals surface area contributed by atoms with Crippen LogP contribution in [0.4, 0.5) is 4.39 Å². The van der Waals surface area contributed by atoms with Crippen molar-refractivity contribution < 1.29 is 18.6 Å². The van der Waals surface area contributed by atoms with Gasteiger partial charge in [0.2, 0.25) is 0 Å². The molecule has 1 atom stereocenters. The minimum Gasteiger partial charge on any atom is -0.496 e. The lowest BCUT2D eigenvalue weighted by Gasteiger charge is -2.19. The summed E-state index contributed by atoms with van der Waals surface area (Å²) in [6.07, 6.45) is 0.0973. The van der Waals surface area contributed by atoms with E-state index in [4.69, 9.17) is 14.2 Å². The van der Waals surface area contributed by atoms with Crippen molar-refractivity contribution in [2.24, 2.45) is 0 Å². The van der Waals surface area contributed by atoms with E-state index in [9.17, 15) is 4.39 Å². The number of methoxy groups -OCH3 is 1. The maximum absolute atomic E-state index is 13.8. The van der Waals surface area contributed by atoms with Gasteiger partial charge in [-0.25, -0.2) is 4.39 Å². The Kier molecular flexibility index (Phi) is 6.45. The number of halogens is 2. The van der Waals surface area contributed by atoms with Gasteiger partial charge in [-0.05, 0) is 46.9 Å². The highest BCUT2D eigenvalue weighted by Crippen LogP contribution is 2.23. The minimum atomic E-state index is -0.514. The summed E-state index contributed by atoms with van der Waals surface area (Å²) in [6, 6.07) is 12.5. The highest BCUT2D eigenvalue weighted by atomic mass is 127. The Bertz CT molecular complexity index is 619. The second-order valence-corrected chi connectivity index (χ2v) is 5.90. The topological polar surface area (TPSA) is 27.7 Å². The Morgan fingerprint density at radius 3 is 2.59 bits per heavy atom. The lowest BCUT2D eigenvalue weighted by Crippen LogP contribution is -2.20. The zero-order valence-electron chi connectivity index (χ0n) is 12.5. The van der Waals surface area contributed by atoms with Crippen molar-refractivity contribution in [1.29, 1.82) is 0 Å². The normalized spacial score (nSPS) is 12.0. The first-order chi connectivity index (χ1) is 10.6. The molecular weight excluding hydrogens is 398 g/mol. The molecule has 0 fully saturated rings. The summed E-state index contributed by atoms with van der Waals surface area (Å²) in [7, 11) is 1.62. The highest BCUT2D eigenvalue weighted by Gasteiger charge is 2.13. The van der Waals surface area contributed by atoms with Crippen LogP contribution in [-0.4, -0.2) is 13.4 Å². The van der Waals surface area contributed by atoms with Crippen molar-refractivity contribution >= 4 is 22.6 Å². The molecule has 0 aliphatic rings. The van der Waals surface area contributed by atoms with Crippen molar-refractivity contribution in [3.63, 3.8) is 0 Å².